The van der Waals surface area contributed by atoms with E-state index in [1.165, 1.54) is 17.1 Å². The summed E-state index contributed by atoms with van der Waals surface area (Å²) in [4.78, 5) is 15.1. The maximum atomic E-state index is 13.6. The van der Waals surface area contributed by atoms with E-state index in [1.807, 2.05) is 11.8 Å². The zero-order chi connectivity index (χ0) is 19.8. The second-order valence-electron chi connectivity index (χ2n) is 7.36. The summed E-state index contributed by atoms with van der Waals surface area (Å²) in [6, 6.07) is 3.31. The molecule has 0 N–H and O–H groups in total. The van der Waals surface area contributed by atoms with Crippen LogP contribution in [0.2, 0.25) is 0 Å². The Morgan fingerprint density at radius 3 is 2.61 bits per heavy atom. The zero-order valence-corrected chi connectivity index (χ0v) is 15.7. The fourth-order valence-corrected chi connectivity index (χ4v) is 3.94. The van der Waals surface area contributed by atoms with Crippen molar-refractivity contribution in [1.29, 1.82) is 0 Å². The van der Waals surface area contributed by atoms with Crippen LogP contribution in [0.25, 0.3) is 0 Å². The van der Waals surface area contributed by atoms with Crippen LogP contribution in [0, 0.1) is 30.4 Å². The summed E-state index contributed by atoms with van der Waals surface area (Å²) in [5, 5.41) is 13.5. The first-order valence-electron chi connectivity index (χ1n) is 9.29. The van der Waals surface area contributed by atoms with Gasteiger partial charge in [0.2, 0.25) is 11.8 Å². The lowest BCUT2D eigenvalue weighted by molar-refractivity contribution is -0.139. The van der Waals surface area contributed by atoms with Crippen LogP contribution in [0.1, 0.15) is 37.3 Å². The molecule has 0 unspecified atom stereocenters. The Morgan fingerprint density at radius 1 is 1.21 bits per heavy atom. The summed E-state index contributed by atoms with van der Waals surface area (Å²) in [5.74, 6) is -1.16. The molecule has 4 rings (SSSR count). The maximum absolute atomic E-state index is 13.6. The van der Waals surface area contributed by atoms with Crippen LogP contribution >= 0.6 is 0 Å². The van der Waals surface area contributed by atoms with Crippen molar-refractivity contribution in [1.82, 2.24) is 15.2 Å². The normalized spacial score (nSPS) is 24.8. The molecular weight excluding hydrogens is 368 g/mol. The van der Waals surface area contributed by atoms with E-state index >= 15 is 0 Å². The fraction of sp³-hybridized carbons (Fsp3) is 0.474. The molecule has 3 heterocycles. The largest absolute Gasteiger partial charge is 0.408 e. The number of aromatic nitrogens is 2. The molecule has 1 amide bonds. The summed E-state index contributed by atoms with van der Waals surface area (Å²) in [6.45, 7) is 4.94. The first-order valence-corrected chi connectivity index (χ1v) is 9.29. The van der Waals surface area contributed by atoms with Gasteiger partial charge in [-0.25, -0.2) is 13.8 Å². The van der Waals surface area contributed by atoms with Gasteiger partial charge in [-0.3, -0.25) is 4.79 Å². The second-order valence-corrected chi connectivity index (χ2v) is 7.36. The number of hydrazone groups is 1. The molecule has 1 aromatic heterocycles. The monoisotopic (exact) mass is 389 g/mol. The Bertz CT molecular complexity index is 895. The molecular formula is C19H21F2N5O2. The second kappa shape index (κ2) is 7.29. The van der Waals surface area contributed by atoms with Gasteiger partial charge in [-0.05, 0) is 30.0 Å². The third-order valence-electron chi connectivity index (χ3n) is 5.33. The van der Waals surface area contributed by atoms with Gasteiger partial charge in [0.25, 0.3) is 0 Å². The Kier molecular flexibility index (Phi) is 4.82. The van der Waals surface area contributed by atoms with E-state index in [9.17, 15) is 13.6 Å². The average molecular weight is 389 g/mol. The van der Waals surface area contributed by atoms with E-state index in [4.69, 9.17) is 4.42 Å². The van der Waals surface area contributed by atoms with Gasteiger partial charge in [0.1, 0.15) is 11.6 Å². The predicted octanol–water partition coefficient (Wildman–Crippen LogP) is 3.08. The number of amides is 1. The molecule has 148 valence electrons. The first kappa shape index (κ1) is 18.5. The van der Waals surface area contributed by atoms with E-state index in [1.54, 1.807) is 13.1 Å². The Hall–Kier alpha value is -2.84. The molecule has 1 fully saturated rings. The smallest absolute Gasteiger partial charge is 0.318 e. The molecule has 2 aliphatic heterocycles. The number of hydrogen-bond donors (Lipinski definition) is 0. The lowest BCUT2D eigenvalue weighted by Gasteiger charge is -2.37. The van der Waals surface area contributed by atoms with E-state index in [2.05, 4.69) is 15.3 Å². The van der Waals surface area contributed by atoms with E-state index in [0.29, 0.717) is 43.4 Å². The fourth-order valence-electron chi connectivity index (χ4n) is 3.94. The molecule has 0 radical (unpaired) electrons. The van der Waals surface area contributed by atoms with Gasteiger partial charge in [0.05, 0.1) is 6.04 Å². The molecule has 28 heavy (non-hydrogen) atoms. The van der Waals surface area contributed by atoms with Crippen molar-refractivity contribution in [3.63, 3.8) is 0 Å². The van der Waals surface area contributed by atoms with Crippen molar-refractivity contribution >= 4 is 18.1 Å². The maximum Gasteiger partial charge on any atom is 0.318 e. The van der Waals surface area contributed by atoms with Crippen molar-refractivity contribution in [2.24, 2.45) is 16.9 Å². The standard InChI is InChI=1S/C19H21F2N5O2/c1-11-10-25(19-24-23-12(2)28-19)6-4-16(11)18(27)26-17(3-5-22-26)13-7-14(20)9-15(21)8-13/h5,7-9,11,16-17H,3-4,6,10H2,1-2H3/t11-,16-,17-/m1/s1. The number of rotatable bonds is 3. The lowest BCUT2D eigenvalue weighted by atomic mass is 9.85. The van der Waals surface area contributed by atoms with Gasteiger partial charge in [0.15, 0.2) is 0 Å². The van der Waals surface area contributed by atoms with Crippen molar-refractivity contribution in [2.75, 3.05) is 18.0 Å². The Balaban J connectivity index is 1.48. The number of aryl methyl sites for hydroxylation is 1. The molecule has 2 aromatic rings. The van der Waals surface area contributed by atoms with Crippen LogP contribution in [-0.2, 0) is 4.79 Å². The van der Waals surface area contributed by atoms with Crippen LogP contribution in [0.3, 0.4) is 0 Å². The lowest BCUT2D eigenvalue weighted by Crippen LogP contribution is -2.46. The highest BCUT2D eigenvalue weighted by Gasteiger charge is 2.39. The van der Waals surface area contributed by atoms with E-state index in [-0.39, 0.29) is 17.7 Å². The molecule has 2 aliphatic rings. The van der Waals surface area contributed by atoms with Crippen LogP contribution in [-0.4, -0.2) is 40.4 Å². The minimum atomic E-state index is -0.661. The molecule has 0 aliphatic carbocycles. The predicted molar refractivity (Wildman–Crippen MR) is 97.6 cm³/mol. The molecule has 1 aromatic carbocycles. The van der Waals surface area contributed by atoms with Crippen molar-refractivity contribution in [3.8, 4) is 0 Å². The van der Waals surface area contributed by atoms with Crippen molar-refractivity contribution < 1.29 is 18.0 Å². The van der Waals surface area contributed by atoms with E-state index < -0.39 is 17.7 Å². The summed E-state index contributed by atoms with van der Waals surface area (Å²) in [6.07, 6.45) is 2.66. The van der Waals surface area contributed by atoms with E-state index in [0.717, 1.165) is 6.07 Å². The van der Waals surface area contributed by atoms with Gasteiger partial charge in [-0.2, -0.15) is 5.10 Å². The molecule has 0 saturated carbocycles. The van der Waals surface area contributed by atoms with Gasteiger partial charge in [0, 0.05) is 44.6 Å². The number of piperidine rings is 1. The average Bonchev–Trinajstić information content (AvgIpc) is 3.29. The van der Waals surface area contributed by atoms with Crippen molar-refractivity contribution in [3.05, 3.63) is 41.3 Å². The van der Waals surface area contributed by atoms with Gasteiger partial charge in [-0.1, -0.05) is 12.0 Å². The quantitative estimate of drug-likeness (QED) is 0.807. The Labute approximate surface area is 161 Å². The number of hydrogen-bond acceptors (Lipinski definition) is 6. The SMILES string of the molecule is Cc1nnc(N2CC[C@@H](C(=O)N3N=CC[C@@H]3c3cc(F)cc(F)c3)[C@H](C)C2)o1. The van der Waals surface area contributed by atoms with Crippen LogP contribution < -0.4 is 4.90 Å². The van der Waals surface area contributed by atoms with Gasteiger partial charge < -0.3 is 9.32 Å². The molecule has 3 atom stereocenters. The molecule has 7 nitrogen and oxygen atoms in total. The Morgan fingerprint density at radius 2 is 1.96 bits per heavy atom. The number of carbonyl (C=O) groups is 1. The summed E-state index contributed by atoms with van der Waals surface area (Å²) >= 11 is 0. The van der Waals surface area contributed by atoms with Gasteiger partial charge >= 0.3 is 6.01 Å². The summed E-state index contributed by atoms with van der Waals surface area (Å²) in [7, 11) is 0. The summed E-state index contributed by atoms with van der Waals surface area (Å²) < 4.78 is 32.7. The highest BCUT2D eigenvalue weighted by atomic mass is 19.1. The number of benzene rings is 1. The third-order valence-corrected chi connectivity index (χ3v) is 5.33. The zero-order valence-electron chi connectivity index (χ0n) is 15.7. The highest BCUT2D eigenvalue weighted by Crippen LogP contribution is 2.34. The van der Waals surface area contributed by atoms with Crippen LogP contribution in [0.5, 0.6) is 0 Å². The molecule has 0 spiro atoms. The number of carbonyl (C=O) groups excluding carboxylic acids is 1. The van der Waals surface area contributed by atoms with Crippen LogP contribution in [0.15, 0.2) is 27.7 Å². The highest BCUT2D eigenvalue weighted by molar-refractivity contribution is 5.82. The summed E-state index contributed by atoms with van der Waals surface area (Å²) in [5.41, 5.74) is 0.412. The number of anilines is 1. The minimum Gasteiger partial charge on any atom is -0.408 e. The third kappa shape index (κ3) is 3.48. The molecule has 1 saturated heterocycles. The topological polar surface area (TPSA) is 74.8 Å². The van der Waals surface area contributed by atoms with Crippen LogP contribution in [0.4, 0.5) is 14.8 Å². The molecule has 9 heteroatoms. The first-order chi connectivity index (χ1) is 13.4. The van der Waals surface area contributed by atoms with Crippen molar-refractivity contribution in [2.45, 2.75) is 32.7 Å². The van der Waals surface area contributed by atoms with Gasteiger partial charge in [-0.15, -0.1) is 5.10 Å². The number of nitrogens with zero attached hydrogens (tertiary/aromatic N) is 5. The number of halogens is 2. The molecule has 0 bridgehead atoms. The minimum absolute atomic E-state index is 0.0363.